The van der Waals surface area contributed by atoms with Crippen molar-refractivity contribution in [2.45, 2.75) is 0 Å². The van der Waals surface area contributed by atoms with Gasteiger partial charge in [-0.1, -0.05) is 18.2 Å². The summed E-state index contributed by atoms with van der Waals surface area (Å²) in [7, 11) is 0. The Hall–Kier alpha value is -2.23. The predicted molar refractivity (Wildman–Crippen MR) is 56.1 cm³/mol. The highest BCUT2D eigenvalue weighted by atomic mass is 19.1. The van der Waals surface area contributed by atoms with Gasteiger partial charge in [0.15, 0.2) is 17.9 Å². The average molecular weight is 217 g/mol. The second kappa shape index (κ2) is 4.53. The van der Waals surface area contributed by atoms with Gasteiger partial charge in [-0.05, 0) is 12.1 Å². The number of pyridine rings is 1. The zero-order valence-electron chi connectivity index (χ0n) is 8.26. The Morgan fingerprint density at radius 3 is 2.62 bits per heavy atom. The lowest BCUT2D eigenvalue weighted by Crippen LogP contribution is -1.95. The summed E-state index contributed by atoms with van der Waals surface area (Å²) in [4.78, 5) is 14.3. The molecule has 0 fully saturated rings. The van der Waals surface area contributed by atoms with Crippen molar-refractivity contribution < 1.29 is 13.9 Å². The largest absolute Gasteiger partial charge is 0.455 e. The molecular formula is C12H8FNO2. The summed E-state index contributed by atoms with van der Waals surface area (Å²) < 4.78 is 18.5. The van der Waals surface area contributed by atoms with E-state index in [1.165, 1.54) is 6.20 Å². The topological polar surface area (TPSA) is 39.2 Å². The molecule has 2 aromatic rings. The van der Waals surface area contributed by atoms with Crippen LogP contribution in [0, 0.1) is 5.82 Å². The van der Waals surface area contributed by atoms with Gasteiger partial charge in [0.1, 0.15) is 5.75 Å². The molecule has 4 heteroatoms. The Morgan fingerprint density at radius 1 is 1.19 bits per heavy atom. The van der Waals surface area contributed by atoms with Crippen LogP contribution in [0.25, 0.3) is 0 Å². The third kappa shape index (κ3) is 2.06. The predicted octanol–water partition coefficient (Wildman–Crippen LogP) is 2.83. The Balaban J connectivity index is 2.35. The van der Waals surface area contributed by atoms with Crippen molar-refractivity contribution in [1.82, 2.24) is 4.98 Å². The lowest BCUT2D eigenvalue weighted by molar-refractivity contribution is 0.111. The fourth-order valence-electron chi connectivity index (χ4n) is 1.24. The van der Waals surface area contributed by atoms with E-state index in [4.69, 9.17) is 4.74 Å². The summed E-state index contributed by atoms with van der Waals surface area (Å²) in [5.41, 5.74) is -0.126. The third-order valence-electron chi connectivity index (χ3n) is 1.99. The highest BCUT2D eigenvalue weighted by molar-refractivity contribution is 5.79. The molecule has 0 aliphatic heterocycles. The summed E-state index contributed by atoms with van der Waals surface area (Å²) in [6.07, 6.45) is 2.69. The summed E-state index contributed by atoms with van der Waals surface area (Å²) in [6, 6.07) is 8.81. The molecule has 0 amide bonds. The SMILES string of the molecule is O=Cc1c(F)cncc1Oc1ccccc1. The van der Waals surface area contributed by atoms with E-state index in [0.717, 1.165) is 6.20 Å². The van der Waals surface area contributed by atoms with Crippen LogP contribution in [-0.2, 0) is 0 Å². The zero-order valence-corrected chi connectivity index (χ0v) is 8.26. The van der Waals surface area contributed by atoms with Crippen LogP contribution in [0.3, 0.4) is 0 Å². The minimum Gasteiger partial charge on any atom is -0.455 e. The van der Waals surface area contributed by atoms with Gasteiger partial charge >= 0.3 is 0 Å². The van der Waals surface area contributed by atoms with Gasteiger partial charge in [0.2, 0.25) is 0 Å². The molecule has 0 aliphatic rings. The Kier molecular flexibility index (Phi) is 2.91. The number of hydrogen-bond acceptors (Lipinski definition) is 3. The number of carbonyl (C=O) groups is 1. The first-order valence-corrected chi connectivity index (χ1v) is 4.63. The molecule has 0 spiro atoms. The highest BCUT2D eigenvalue weighted by Crippen LogP contribution is 2.24. The fourth-order valence-corrected chi connectivity index (χ4v) is 1.24. The molecule has 0 saturated carbocycles. The minimum absolute atomic E-state index is 0.112. The Morgan fingerprint density at radius 2 is 1.94 bits per heavy atom. The van der Waals surface area contributed by atoms with Gasteiger partial charge in [-0.15, -0.1) is 0 Å². The molecule has 80 valence electrons. The van der Waals surface area contributed by atoms with E-state index in [0.29, 0.717) is 12.0 Å². The molecule has 1 heterocycles. The van der Waals surface area contributed by atoms with E-state index in [9.17, 15) is 9.18 Å². The van der Waals surface area contributed by atoms with E-state index in [-0.39, 0.29) is 11.3 Å². The number of benzene rings is 1. The second-order valence-electron chi connectivity index (χ2n) is 3.07. The second-order valence-corrected chi connectivity index (χ2v) is 3.07. The van der Waals surface area contributed by atoms with Gasteiger partial charge in [0, 0.05) is 0 Å². The molecule has 1 aromatic heterocycles. The van der Waals surface area contributed by atoms with Crippen LogP contribution in [-0.4, -0.2) is 11.3 Å². The number of nitrogens with zero attached hydrogens (tertiary/aromatic N) is 1. The van der Waals surface area contributed by atoms with E-state index < -0.39 is 5.82 Å². The van der Waals surface area contributed by atoms with Crippen molar-refractivity contribution in [3.8, 4) is 11.5 Å². The number of aldehydes is 1. The number of carbonyl (C=O) groups excluding carboxylic acids is 1. The van der Waals surface area contributed by atoms with Crippen molar-refractivity contribution in [1.29, 1.82) is 0 Å². The minimum atomic E-state index is -0.691. The molecule has 0 radical (unpaired) electrons. The molecule has 1 aromatic carbocycles. The summed E-state index contributed by atoms with van der Waals surface area (Å²) >= 11 is 0. The lowest BCUT2D eigenvalue weighted by Gasteiger charge is -2.07. The number of para-hydroxylation sites is 1. The van der Waals surface area contributed by atoms with Crippen LogP contribution in [0.5, 0.6) is 11.5 Å². The summed E-state index contributed by atoms with van der Waals surface area (Å²) in [5, 5.41) is 0. The quantitative estimate of drug-likeness (QED) is 0.742. The molecule has 0 bridgehead atoms. The monoisotopic (exact) mass is 217 g/mol. The molecule has 0 atom stereocenters. The summed E-state index contributed by atoms with van der Waals surface area (Å²) in [6.45, 7) is 0. The maximum atomic E-state index is 13.2. The number of hydrogen-bond donors (Lipinski definition) is 0. The molecule has 16 heavy (non-hydrogen) atoms. The number of aromatic nitrogens is 1. The average Bonchev–Trinajstić information content (AvgIpc) is 2.31. The van der Waals surface area contributed by atoms with Crippen LogP contribution in [0.4, 0.5) is 4.39 Å². The fraction of sp³-hybridized carbons (Fsp3) is 0. The van der Waals surface area contributed by atoms with E-state index >= 15 is 0 Å². The van der Waals surface area contributed by atoms with Gasteiger partial charge in [-0.2, -0.15) is 0 Å². The lowest BCUT2D eigenvalue weighted by atomic mass is 10.2. The smallest absolute Gasteiger partial charge is 0.159 e. The van der Waals surface area contributed by atoms with E-state index in [1.807, 2.05) is 6.07 Å². The van der Waals surface area contributed by atoms with Gasteiger partial charge < -0.3 is 4.74 Å². The maximum absolute atomic E-state index is 13.2. The van der Waals surface area contributed by atoms with Crippen molar-refractivity contribution in [3.63, 3.8) is 0 Å². The Bertz CT molecular complexity index is 500. The van der Waals surface area contributed by atoms with Gasteiger partial charge in [-0.3, -0.25) is 9.78 Å². The first-order chi connectivity index (χ1) is 7.81. The first kappa shape index (κ1) is 10.3. The van der Waals surface area contributed by atoms with Gasteiger partial charge in [0.05, 0.1) is 18.0 Å². The van der Waals surface area contributed by atoms with Crippen LogP contribution < -0.4 is 4.74 Å². The van der Waals surface area contributed by atoms with Gasteiger partial charge in [-0.25, -0.2) is 4.39 Å². The first-order valence-electron chi connectivity index (χ1n) is 4.63. The molecule has 0 N–H and O–H groups in total. The Labute approximate surface area is 91.5 Å². The van der Waals surface area contributed by atoms with Crippen LogP contribution >= 0.6 is 0 Å². The molecule has 0 saturated heterocycles. The van der Waals surface area contributed by atoms with Crippen molar-refractivity contribution >= 4 is 6.29 Å². The van der Waals surface area contributed by atoms with E-state index in [1.54, 1.807) is 24.3 Å². The van der Waals surface area contributed by atoms with Crippen LogP contribution in [0.2, 0.25) is 0 Å². The van der Waals surface area contributed by atoms with Crippen molar-refractivity contribution in [3.05, 3.63) is 54.1 Å². The zero-order chi connectivity index (χ0) is 11.4. The molecule has 0 unspecified atom stereocenters. The van der Waals surface area contributed by atoms with E-state index in [2.05, 4.69) is 4.98 Å². The third-order valence-corrected chi connectivity index (χ3v) is 1.99. The standard InChI is InChI=1S/C12H8FNO2/c13-11-6-14-7-12(10(11)8-15)16-9-4-2-1-3-5-9/h1-8H. The van der Waals surface area contributed by atoms with Gasteiger partial charge in [0.25, 0.3) is 0 Å². The molecule has 2 rings (SSSR count). The number of halogens is 1. The highest BCUT2D eigenvalue weighted by Gasteiger charge is 2.09. The molecule has 0 aliphatic carbocycles. The number of rotatable bonds is 3. The maximum Gasteiger partial charge on any atom is 0.159 e. The molecular weight excluding hydrogens is 209 g/mol. The number of ether oxygens (including phenoxy) is 1. The van der Waals surface area contributed by atoms with Crippen molar-refractivity contribution in [2.75, 3.05) is 0 Å². The molecule has 3 nitrogen and oxygen atoms in total. The van der Waals surface area contributed by atoms with Crippen LogP contribution in [0.15, 0.2) is 42.7 Å². The van der Waals surface area contributed by atoms with Crippen molar-refractivity contribution in [2.24, 2.45) is 0 Å². The normalized spacial score (nSPS) is 9.81. The summed E-state index contributed by atoms with van der Waals surface area (Å²) in [5.74, 6) is -0.0531. The van der Waals surface area contributed by atoms with Crippen LogP contribution in [0.1, 0.15) is 10.4 Å².